The Kier molecular flexibility index (Phi) is 5.41. The lowest BCUT2D eigenvalue weighted by Crippen LogP contribution is -2.35. The standard InChI is InChI=1S/C20H20N2O2.ClH/c23-20(16-10-11-21-13-16)22-19(14-6-2-1-3-7-14)18-12-15-8-4-5-9-17(15)24-18;/h1-9,12,16,19,21H,10-11,13H2,(H,22,23);1H. The number of para-hydroxylation sites is 1. The third-order valence-electron chi connectivity index (χ3n) is 4.58. The third-order valence-corrected chi connectivity index (χ3v) is 4.58. The molecule has 4 rings (SSSR count). The van der Waals surface area contributed by atoms with Crippen LogP contribution in [0.1, 0.15) is 23.8 Å². The molecule has 5 heteroatoms. The number of nitrogens with one attached hydrogen (secondary N) is 2. The normalized spacial score (nSPS) is 17.8. The zero-order chi connectivity index (χ0) is 16.4. The second-order valence-electron chi connectivity index (χ2n) is 6.23. The molecule has 1 aromatic heterocycles. The van der Waals surface area contributed by atoms with Crippen LogP contribution in [0.4, 0.5) is 0 Å². The van der Waals surface area contributed by atoms with Gasteiger partial charge in [-0.25, -0.2) is 0 Å². The molecule has 0 bridgehead atoms. The minimum absolute atomic E-state index is 0. The number of carbonyl (C=O) groups is 1. The molecule has 130 valence electrons. The highest BCUT2D eigenvalue weighted by molar-refractivity contribution is 5.85. The van der Waals surface area contributed by atoms with E-state index in [0.717, 1.165) is 41.8 Å². The molecule has 0 aliphatic carbocycles. The molecule has 4 nitrogen and oxygen atoms in total. The predicted octanol–water partition coefficient (Wildman–Crippen LogP) is 3.67. The zero-order valence-electron chi connectivity index (χ0n) is 13.8. The van der Waals surface area contributed by atoms with E-state index in [9.17, 15) is 4.79 Å². The monoisotopic (exact) mass is 356 g/mol. The number of rotatable bonds is 4. The van der Waals surface area contributed by atoms with Gasteiger partial charge in [-0.05, 0) is 30.7 Å². The van der Waals surface area contributed by atoms with Crippen molar-refractivity contribution in [2.75, 3.05) is 13.1 Å². The Bertz CT molecular complexity index is 808. The van der Waals surface area contributed by atoms with Crippen molar-refractivity contribution in [1.29, 1.82) is 0 Å². The largest absolute Gasteiger partial charge is 0.459 e. The number of hydrogen-bond donors (Lipinski definition) is 2. The van der Waals surface area contributed by atoms with Gasteiger partial charge in [-0.3, -0.25) is 4.79 Å². The van der Waals surface area contributed by atoms with Gasteiger partial charge in [0.05, 0.1) is 5.92 Å². The van der Waals surface area contributed by atoms with Crippen LogP contribution in [0.3, 0.4) is 0 Å². The van der Waals surface area contributed by atoms with Crippen molar-refractivity contribution < 1.29 is 9.21 Å². The SMILES string of the molecule is Cl.O=C(NC(c1ccccc1)c1cc2ccccc2o1)C1CCNC1. The molecular weight excluding hydrogens is 336 g/mol. The Hall–Kier alpha value is -2.30. The number of fused-ring (bicyclic) bond motifs is 1. The number of carbonyl (C=O) groups excluding carboxylic acids is 1. The zero-order valence-corrected chi connectivity index (χ0v) is 14.6. The summed E-state index contributed by atoms with van der Waals surface area (Å²) in [7, 11) is 0. The molecule has 1 aliphatic heterocycles. The van der Waals surface area contributed by atoms with Crippen LogP contribution < -0.4 is 10.6 Å². The van der Waals surface area contributed by atoms with Crippen LogP contribution >= 0.6 is 12.4 Å². The summed E-state index contributed by atoms with van der Waals surface area (Å²) in [6.07, 6.45) is 0.882. The highest BCUT2D eigenvalue weighted by atomic mass is 35.5. The summed E-state index contributed by atoms with van der Waals surface area (Å²) in [4.78, 5) is 12.6. The van der Waals surface area contributed by atoms with Crippen molar-refractivity contribution in [3.8, 4) is 0 Å². The lowest BCUT2D eigenvalue weighted by atomic mass is 10.0. The van der Waals surface area contributed by atoms with Crippen molar-refractivity contribution >= 4 is 29.3 Å². The van der Waals surface area contributed by atoms with Crippen LogP contribution in [0.2, 0.25) is 0 Å². The van der Waals surface area contributed by atoms with Crippen LogP contribution in [0.15, 0.2) is 65.1 Å². The van der Waals surface area contributed by atoms with Gasteiger partial charge in [-0.1, -0.05) is 48.5 Å². The van der Waals surface area contributed by atoms with E-state index in [4.69, 9.17) is 4.42 Å². The minimum atomic E-state index is -0.272. The van der Waals surface area contributed by atoms with Crippen molar-refractivity contribution in [2.45, 2.75) is 12.5 Å². The summed E-state index contributed by atoms with van der Waals surface area (Å²) in [5, 5.41) is 7.47. The second kappa shape index (κ2) is 7.72. The number of hydrogen-bond acceptors (Lipinski definition) is 3. The Morgan fingerprint density at radius 2 is 1.88 bits per heavy atom. The topological polar surface area (TPSA) is 54.3 Å². The van der Waals surface area contributed by atoms with E-state index < -0.39 is 0 Å². The molecule has 2 N–H and O–H groups in total. The first kappa shape index (κ1) is 17.5. The van der Waals surface area contributed by atoms with E-state index in [1.54, 1.807) is 0 Å². The highest BCUT2D eigenvalue weighted by Crippen LogP contribution is 2.28. The Morgan fingerprint density at radius 1 is 1.12 bits per heavy atom. The van der Waals surface area contributed by atoms with Crippen LogP contribution in [0, 0.1) is 5.92 Å². The fraction of sp³-hybridized carbons (Fsp3) is 0.250. The smallest absolute Gasteiger partial charge is 0.225 e. The minimum Gasteiger partial charge on any atom is -0.459 e. The molecule has 3 aromatic rings. The van der Waals surface area contributed by atoms with Crippen molar-refractivity contribution in [3.05, 3.63) is 72.0 Å². The van der Waals surface area contributed by atoms with Crippen molar-refractivity contribution in [3.63, 3.8) is 0 Å². The molecule has 2 aromatic carbocycles. The molecule has 25 heavy (non-hydrogen) atoms. The van der Waals surface area contributed by atoms with Gasteiger partial charge in [0.15, 0.2) is 0 Å². The summed E-state index contributed by atoms with van der Waals surface area (Å²) < 4.78 is 6.02. The van der Waals surface area contributed by atoms with E-state index >= 15 is 0 Å². The van der Waals surface area contributed by atoms with Crippen LogP contribution in [-0.2, 0) is 4.79 Å². The quantitative estimate of drug-likeness (QED) is 0.750. The maximum Gasteiger partial charge on any atom is 0.225 e. The molecule has 1 saturated heterocycles. The summed E-state index contributed by atoms with van der Waals surface area (Å²) in [5.41, 5.74) is 1.86. The first-order chi connectivity index (χ1) is 11.8. The van der Waals surface area contributed by atoms with Crippen LogP contribution in [-0.4, -0.2) is 19.0 Å². The van der Waals surface area contributed by atoms with Gasteiger partial charge in [-0.15, -0.1) is 12.4 Å². The summed E-state index contributed by atoms with van der Waals surface area (Å²) in [5.74, 6) is 0.872. The van der Waals surface area contributed by atoms with E-state index in [1.165, 1.54) is 0 Å². The number of furan rings is 1. The molecular formula is C20H21ClN2O2. The summed E-state index contributed by atoms with van der Waals surface area (Å²) in [6, 6.07) is 19.6. The Balaban J connectivity index is 0.00000182. The van der Waals surface area contributed by atoms with Gasteiger partial charge in [0.25, 0.3) is 0 Å². The molecule has 0 saturated carbocycles. The van der Waals surface area contributed by atoms with Gasteiger partial charge in [-0.2, -0.15) is 0 Å². The van der Waals surface area contributed by atoms with Gasteiger partial charge in [0.1, 0.15) is 17.4 Å². The highest BCUT2D eigenvalue weighted by Gasteiger charge is 2.27. The third kappa shape index (κ3) is 3.70. The van der Waals surface area contributed by atoms with E-state index in [1.807, 2.05) is 60.7 Å². The first-order valence-electron chi connectivity index (χ1n) is 8.36. The van der Waals surface area contributed by atoms with E-state index in [0.29, 0.717) is 0 Å². The van der Waals surface area contributed by atoms with E-state index in [-0.39, 0.29) is 30.3 Å². The molecule has 1 amide bonds. The number of benzene rings is 2. The fourth-order valence-corrected chi connectivity index (χ4v) is 3.25. The lowest BCUT2D eigenvalue weighted by Gasteiger charge is -2.19. The number of halogens is 1. The van der Waals surface area contributed by atoms with E-state index in [2.05, 4.69) is 10.6 Å². The van der Waals surface area contributed by atoms with Gasteiger partial charge in [0, 0.05) is 11.9 Å². The average Bonchev–Trinajstić information content (AvgIpc) is 3.29. The van der Waals surface area contributed by atoms with Gasteiger partial charge in [0.2, 0.25) is 5.91 Å². The maximum absolute atomic E-state index is 12.6. The predicted molar refractivity (Wildman–Crippen MR) is 101 cm³/mol. The molecule has 2 unspecified atom stereocenters. The van der Waals surface area contributed by atoms with Crippen molar-refractivity contribution in [2.24, 2.45) is 5.92 Å². The molecule has 2 heterocycles. The molecule has 1 aliphatic rings. The maximum atomic E-state index is 12.6. The second-order valence-corrected chi connectivity index (χ2v) is 6.23. The summed E-state index contributed by atoms with van der Waals surface area (Å²) in [6.45, 7) is 1.65. The first-order valence-corrected chi connectivity index (χ1v) is 8.36. The molecule has 1 fully saturated rings. The fourth-order valence-electron chi connectivity index (χ4n) is 3.25. The van der Waals surface area contributed by atoms with Gasteiger partial charge >= 0.3 is 0 Å². The Labute approximate surface area is 153 Å². The van der Waals surface area contributed by atoms with Crippen molar-refractivity contribution in [1.82, 2.24) is 10.6 Å². The lowest BCUT2D eigenvalue weighted by molar-refractivity contribution is -0.125. The summed E-state index contributed by atoms with van der Waals surface area (Å²) >= 11 is 0. The average molecular weight is 357 g/mol. The number of amides is 1. The van der Waals surface area contributed by atoms with Crippen LogP contribution in [0.5, 0.6) is 0 Å². The molecule has 0 spiro atoms. The molecule has 0 radical (unpaired) electrons. The Morgan fingerprint density at radius 3 is 2.60 bits per heavy atom. The van der Waals surface area contributed by atoms with Gasteiger partial charge < -0.3 is 15.1 Å². The van der Waals surface area contributed by atoms with Crippen LogP contribution in [0.25, 0.3) is 11.0 Å². The molecule has 2 atom stereocenters.